The Labute approximate surface area is 125 Å². The SMILES string of the molecule is CCC(C)C1NC(c2cccc(Cl)c2)N(C2CC2)C1=O. The molecule has 1 heterocycles. The molecule has 1 N–H and O–H groups in total. The lowest BCUT2D eigenvalue weighted by atomic mass is 9.99. The first kappa shape index (κ1) is 13.9. The summed E-state index contributed by atoms with van der Waals surface area (Å²) in [4.78, 5) is 14.7. The van der Waals surface area contributed by atoms with Gasteiger partial charge in [-0.2, -0.15) is 0 Å². The van der Waals surface area contributed by atoms with E-state index < -0.39 is 0 Å². The molecule has 1 saturated heterocycles. The van der Waals surface area contributed by atoms with Gasteiger partial charge in [0, 0.05) is 11.1 Å². The number of nitrogens with zero attached hydrogens (tertiary/aromatic N) is 1. The summed E-state index contributed by atoms with van der Waals surface area (Å²) in [7, 11) is 0. The molecule has 3 nitrogen and oxygen atoms in total. The molecular formula is C16H21ClN2O. The summed E-state index contributed by atoms with van der Waals surface area (Å²) in [6.07, 6.45) is 3.23. The lowest BCUT2D eigenvalue weighted by molar-refractivity contribution is -0.131. The van der Waals surface area contributed by atoms with E-state index in [0.29, 0.717) is 12.0 Å². The molecule has 1 aliphatic heterocycles. The first-order valence-electron chi connectivity index (χ1n) is 7.45. The minimum Gasteiger partial charge on any atom is -0.319 e. The molecule has 1 aliphatic carbocycles. The Hall–Kier alpha value is -1.06. The van der Waals surface area contributed by atoms with E-state index in [1.807, 2.05) is 29.2 Å². The van der Waals surface area contributed by atoms with Crippen molar-refractivity contribution in [2.24, 2.45) is 5.92 Å². The molecule has 3 atom stereocenters. The third kappa shape index (κ3) is 2.45. The van der Waals surface area contributed by atoms with Gasteiger partial charge in [0.2, 0.25) is 5.91 Å². The fraction of sp³-hybridized carbons (Fsp3) is 0.562. The Kier molecular flexibility index (Phi) is 3.74. The van der Waals surface area contributed by atoms with Crippen LogP contribution in [0.25, 0.3) is 0 Å². The molecule has 1 aromatic carbocycles. The molecule has 2 aliphatic rings. The predicted octanol–water partition coefficient (Wildman–Crippen LogP) is 3.35. The highest BCUT2D eigenvalue weighted by Crippen LogP contribution is 2.39. The van der Waals surface area contributed by atoms with Gasteiger partial charge in [0.1, 0.15) is 6.17 Å². The Bertz CT molecular complexity index is 515. The van der Waals surface area contributed by atoms with E-state index >= 15 is 0 Å². The molecule has 0 radical (unpaired) electrons. The number of hydrogen-bond acceptors (Lipinski definition) is 2. The van der Waals surface area contributed by atoms with E-state index in [1.165, 1.54) is 0 Å². The van der Waals surface area contributed by atoms with Crippen molar-refractivity contribution in [2.45, 2.75) is 51.4 Å². The molecule has 108 valence electrons. The van der Waals surface area contributed by atoms with Crippen LogP contribution in [0, 0.1) is 5.92 Å². The molecule has 3 rings (SSSR count). The van der Waals surface area contributed by atoms with Crippen LogP contribution in [0.2, 0.25) is 5.02 Å². The zero-order valence-corrected chi connectivity index (χ0v) is 12.7. The molecule has 0 aromatic heterocycles. The Morgan fingerprint density at radius 3 is 2.80 bits per heavy atom. The number of benzene rings is 1. The maximum atomic E-state index is 12.7. The van der Waals surface area contributed by atoms with Crippen LogP contribution in [0.4, 0.5) is 0 Å². The zero-order chi connectivity index (χ0) is 14.3. The van der Waals surface area contributed by atoms with Crippen molar-refractivity contribution in [3.05, 3.63) is 34.9 Å². The average molecular weight is 293 g/mol. The van der Waals surface area contributed by atoms with Gasteiger partial charge < -0.3 is 4.90 Å². The summed E-state index contributed by atoms with van der Waals surface area (Å²) < 4.78 is 0. The van der Waals surface area contributed by atoms with Crippen molar-refractivity contribution < 1.29 is 4.79 Å². The molecule has 3 unspecified atom stereocenters. The highest BCUT2D eigenvalue weighted by molar-refractivity contribution is 6.30. The normalized spacial score (nSPS) is 27.9. The second-order valence-corrected chi connectivity index (χ2v) is 6.40. The van der Waals surface area contributed by atoms with Gasteiger partial charge in [0.15, 0.2) is 0 Å². The number of carbonyl (C=O) groups is 1. The van der Waals surface area contributed by atoms with Gasteiger partial charge in [0.05, 0.1) is 6.04 Å². The Morgan fingerprint density at radius 2 is 2.20 bits per heavy atom. The summed E-state index contributed by atoms with van der Waals surface area (Å²) in [6, 6.07) is 8.17. The van der Waals surface area contributed by atoms with Crippen LogP contribution in [-0.2, 0) is 4.79 Å². The van der Waals surface area contributed by atoms with E-state index in [9.17, 15) is 4.79 Å². The van der Waals surface area contributed by atoms with Crippen LogP contribution in [-0.4, -0.2) is 22.9 Å². The molecular weight excluding hydrogens is 272 g/mol. The van der Waals surface area contributed by atoms with Crippen LogP contribution in [0.3, 0.4) is 0 Å². The summed E-state index contributed by atoms with van der Waals surface area (Å²) >= 11 is 6.10. The number of hydrogen-bond donors (Lipinski definition) is 1. The van der Waals surface area contributed by atoms with E-state index in [0.717, 1.165) is 29.8 Å². The van der Waals surface area contributed by atoms with E-state index in [2.05, 4.69) is 19.2 Å². The minimum atomic E-state index is -0.0652. The molecule has 0 spiro atoms. The van der Waals surface area contributed by atoms with Crippen molar-refractivity contribution >= 4 is 17.5 Å². The van der Waals surface area contributed by atoms with Crippen LogP contribution >= 0.6 is 11.6 Å². The molecule has 4 heteroatoms. The maximum absolute atomic E-state index is 12.7. The molecule has 2 fully saturated rings. The highest BCUT2D eigenvalue weighted by atomic mass is 35.5. The molecule has 1 amide bonds. The van der Waals surface area contributed by atoms with Gasteiger partial charge in [-0.25, -0.2) is 0 Å². The van der Waals surface area contributed by atoms with Crippen molar-refractivity contribution in [1.82, 2.24) is 10.2 Å². The average Bonchev–Trinajstić information content (AvgIpc) is 3.21. The molecule has 1 saturated carbocycles. The van der Waals surface area contributed by atoms with Gasteiger partial charge in [-0.15, -0.1) is 0 Å². The van der Waals surface area contributed by atoms with Crippen LogP contribution in [0.5, 0.6) is 0 Å². The first-order valence-corrected chi connectivity index (χ1v) is 7.83. The number of nitrogens with one attached hydrogen (secondary N) is 1. The number of rotatable bonds is 4. The van der Waals surface area contributed by atoms with Gasteiger partial charge >= 0.3 is 0 Å². The van der Waals surface area contributed by atoms with Crippen molar-refractivity contribution in [2.75, 3.05) is 0 Å². The smallest absolute Gasteiger partial charge is 0.241 e. The number of halogens is 1. The third-order valence-corrected chi connectivity index (χ3v) is 4.69. The predicted molar refractivity (Wildman–Crippen MR) is 80.4 cm³/mol. The summed E-state index contributed by atoms with van der Waals surface area (Å²) in [5.41, 5.74) is 1.09. The van der Waals surface area contributed by atoms with Gasteiger partial charge in [-0.1, -0.05) is 44.0 Å². The fourth-order valence-electron chi connectivity index (χ4n) is 2.93. The second-order valence-electron chi connectivity index (χ2n) is 5.96. The maximum Gasteiger partial charge on any atom is 0.241 e. The fourth-order valence-corrected chi connectivity index (χ4v) is 3.13. The molecule has 1 aromatic rings. The Morgan fingerprint density at radius 1 is 1.45 bits per heavy atom. The Balaban J connectivity index is 1.90. The number of amides is 1. The van der Waals surface area contributed by atoms with Crippen LogP contribution < -0.4 is 5.32 Å². The zero-order valence-electron chi connectivity index (χ0n) is 12.0. The summed E-state index contributed by atoms with van der Waals surface area (Å²) in [5, 5.41) is 4.25. The quantitative estimate of drug-likeness (QED) is 0.923. The summed E-state index contributed by atoms with van der Waals surface area (Å²) in [6.45, 7) is 4.27. The van der Waals surface area contributed by atoms with Crippen LogP contribution in [0.15, 0.2) is 24.3 Å². The monoisotopic (exact) mass is 292 g/mol. The number of carbonyl (C=O) groups excluding carboxylic acids is 1. The largest absolute Gasteiger partial charge is 0.319 e. The van der Waals surface area contributed by atoms with Crippen molar-refractivity contribution in [3.63, 3.8) is 0 Å². The molecule has 20 heavy (non-hydrogen) atoms. The van der Waals surface area contributed by atoms with E-state index in [-0.39, 0.29) is 18.1 Å². The van der Waals surface area contributed by atoms with E-state index in [4.69, 9.17) is 11.6 Å². The van der Waals surface area contributed by atoms with Gasteiger partial charge in [0.25, 0.3) is 0 Å². The first-order chi connectivity index (χ1) is 9.61. The standard InChI is InChI=1S/C16H21ClN2O/c1-3-10(2)14-16(20)19(13-7-8-13)15(18-14)11-5-4-6-12(17)9-11/h4-6,9-10,13-15,18H,3,7-8H2,1-2H3. The molecule has 0 bridgehead atoms. The second kappa shape index (κ2) is 5.38. The topological polar surface area (TPSA) is 32.3 Å². The van der Waals surface area contributed by atoms with Crippen molar-refractivity contribution in [3.8, 4) is 0 Å². The van der Waals surface area contributed by atoms with Crippen LogP contribution in [0.1, 0.15) is 44.8 Å². The minimum absolute atomic E-state index is 0.0206. The summed E-state index contributed by atoms with van der Waals surface area (Å²) in [5.74, 6) is 0.611. The lowest BCUT2D eigenvalue weighted by Gasteiger charge is -2.24. The van der Waals surface area contributed by atoms with Crippen molar-refractivity contribution in [1.29, 1.82) is 0 Å². The third-order valence-electron chi connectivity index (χ3n) is 4.45. The highest BCUT2D eigenvalue weighted by Gasteiger charge is 2.47. The van der Waals surface area contributed by atoms with E-state index in [1.54, 1.807) is 0 Å². The lowest BCUT2D eigenvalue weighted by Crippen LogP contribution is -2.36. The van der Waals surface area contributed by atoms with Gasteiger partial charge in [-0.3, -0.25) is 10.1 Å². The van der Waals surface area contributed by atoms with Gasteiger partial charge in [-0.05, 0) is 36.5 Å².